The number of hydrogen-bond acceptors (Lipinski definition) is 6. The summed E-state index contributed by atoms with van der Waals surface area (Å²) >= 11 is 1.35. The van der Waals surface area contributed by atoms with E-state index in [9.17, 15) is 4.79 Å². The van der Waals surface area contributed by atoms with Crippen molar-refractivity contribution < 1.29 is 19.2 Å². The van der Waals surface area contributed by atoms with Gasteiger partial charge in [-0.25, -0.2) is 4.98 Å². The van der Waals surface area contributed by atoms with Crippen LogP contribution in [0.3, 0.4) is 0 Å². The van der Waals surface area contributed by atoms with Crippen LogP contribution in [-0.2, 0) is 19.5 Å². The van der Waals surface area contributed by atoms with Crippen molar-refractivity contribution in [2.24, 2.45) is 0 Å². The number of nitrogens with one attached hydrogen (secondary N) is 2. The highest BCUT2D eigenvalue weighted by atomic mass is 32.1. The van der Waals surface area contributed by atoms with Crippen LogP contribution in [0.2, 0.25) is 0 Å². The minimum absolute atomic E-state index is 0.194. The van der Waals surface area contributed by atoms with Gasteiger partial charge < -0.3 is 25.4 Å². The van der Waals surface area contributed by atoms with Crippen molar-refractivity contribution in [2.45, 2.75) is 19.5 Å². The Morgan fingerprint density at radius 2 is 2.07 bits per heavy atom. The Labute approximate surface area is 173 Å². The van der Waals surface area contributed by atoms with E-state index < -0.39 is 0 Å². The van der Waals surface area contributed by atoms with Crippen LogP contribution in [0.1, 0.15) is 26.5 Å². The largest absolute Gasteiger partial charge is 0.493 e. The van der Waals surface area contributed by atoms with E-state index >= 15 is 0 Å². The van der Waals surface area contributed by atoms with E-state index in [2.05, 4.69) is 18.4 Å². The van der Waals surface area contributed by atoms with Crippen molar-refractivity contribution in [3.63, 3.8) is 0 Å². The van der Waals surface area contributed by atoms with E-state index in [-0.39, 0.29) is 5.91 Å². The summed E-state index contributed by atoms with van der Waals surface area (Å²) in [5.74, 6) is 1.09. The maximum absolute atomic E-state index is 12.8. The van der Waals surface area contributed by atoms with E-state index in [1.165, 1.54) is 21.8 Å². The van der Waals surface area contributed by atoms with E-state index in [1.54, 1.807) is 14.2 Å². The standard InChI is InChI=1S/C21H24N4O3S/c1-25-7-6-15-13(11-25)9-14-18(22)19(29-21(14)24-15)20(26)23-10-12-4-5-16(27-2)17(8-12)28-3/h4-5,8-9H,6-7,10-11,22H2,1-3H3,(H,23,26)/p+1. The number of pyridine rings is 1. The predicted molar refractivity (Wildman–Crippen MR) is 114 cm³/mol. The number of anilines is 1. The fourth-order valence-electron chi connectivity index (χ4n) is 3.66. The lowest BCUT2D eigenvalue weighted by molar-refractivity contribution is -0.895. The molecule has 1 aliphatic rings. The second kappa shape index (κ2) is 7.88. The zero-order valence-corrected chi connectivity index (χ0v) is 17.6. The van der Waals surface area contributed by atoms with Gasteiger partial charge in [-0.15, -0.1) is 11.3 Å². The molecule has 7 nitrogen and oxygen atoms in total. The first kappa shape index (κ1) is 19.5. The highest BCUT2D eigenvalue weighted by molar-refractivity contribution is 7.21. The number of carbonyl (C=O) groups excluding carboxylic acids is 1. The number of ether oxygens (including phenoxy) is 2. The van der Waals surface area contributed by atoms with Crippen molar-refractivity contribution in [1.82, 2.24) is 10.3 Å². The minimum Gasteiger partial charge on any atom is -0.493 e. The molecule has 8 heteroatoms. The Bertz CT molecular complexity index is 1080. The molecule has 1 atom stereocenters. The molecule has 1 aliphatic heterocycles. The number of quaternary nitrogens is 1. The van der Waals surface area contributed by atoms with Gasteiger partial charge >= 0.3 is 0 Å². The lowest BCUT2D eigenvalue weighted by Gasteiger charge is -2.21. The van der Waals surface area contributed by atoms with Gasteiger partial charge in [0.05, 0.1) is 39.2 Å². The number of aromatic nitrogens is 1. The number of likely N-dealkylation sites (N-methyl/N-ethyl adjacent to an activating group) is 1. The fraction of sp³-hybridized carbons (Fsp3) is 0.333. The lowest BCUT2D eigenvalue weighted by Crippen LogP contribution is -3.08. The summed E-state index contributed by atoms with van der Waals surface area (Å²) in [7, 11) is 5.36. The molecule has 1 amide bonds. The van der Waals surface area contributed by atoms with Gasteiger partial charge in [-0.05, 0) is 23.8 Å². The van der Waals surface area contributed by atoms with Gasteiger partial charge in [-0.3, -0.25) is 4.79 Å². The van der Waals surface area contributed by atoms with Crippen LogP contribution in [0.15, 0.2) is 24.3 Å². The highest BCUT2D eigenvalue weighted by Crippen LogP contribution is 2.34. The molecule has 2 aromatic heterocycles. The maximum Gasteiger partial charge on any atom is 0.263 e. The van der Waals surface area contributed by atoms with Gasteiger partial charge in [0.1, 0.15) is 16.3 Å². The van der Waals surface area contributed by atoms with Crippen LogP contribution >= 0.6 is 11.3 Å². The van der Waals surface area contributed by atoms with E-state index in [0.29, 0.717) is 28.6 Å². The molecule has 0 saturated carbocycles. The molecule has 0 radical (unpaired) electrons. The van der Waals surface area contributed by atoms with Gasteiger partial charge in [-0.1, -0.05) is 6.07 Å². The van der Waals surface area contributed by atoms with Crippen LogP contribution < -0.4 is 25.4 Å². The number of hydrogen-bond donors (Lipinski definition) is 3. The zero-order chi connectivity index (χ0) is 20.5. The molecule has 29 heavy (non-hydrogen) atoms. The molecule has 152 valence electrons. The normalized spacial score (nSPS) is 15.8. The molecule has 4 rings (SSSR count). The lowest BCUT2D eigenvalue weighted by atomic mass is 10.0. The molecule has 0 aliphatic carbocycles. The molecular weight excluding hydrogens is 388 g/mol. The molecule has 0 bridgehead atoms. The molecule has 1 aromatic carbocycles. The van der Waals surface area contributed by atoms with Crippen molar-refractivity contribution in [3.05, 3.63) is 46.0 Å². The summed E-state index contributed by atoms with van der Waals surface area (Å²) in [6, 6.07) is 7.67. The van der Waals surface area contributed by atoms with Crippen molar-refractivity contribution >= 4 is 33.1 Å². The molecule has 0 fully saturated rings. The molecule has 1 unspecified atom stereocenters. The Kier molecular flexibility index (Phi) is 5.29. The number of fused-ring (bicyclic) bond motifs is 2. The van der Waals surface area contributed by atoms with Gasteiger partial charge in [0.2, 0.25) is 0 Å². The summed E-state index contributed by atoms with van der Waals surface area (Å²) in [6.07, 6.45) is 0.954. The van der Waals surface area contributed by atoms with Gasteiger partial charge in [-0.2, -0.15) is 0 Å². The number of thiophene rings is 1. The number of nitrogens with zero attached hydrogens (tertiary/aromatic N) is 1. The second-order valence-electron chi connectivity index (χ2n) is 7.30. The summed E-state index contributed by atoms with van der Waals surface area (Å²) < 4.78 is 10.6. The Hall–Kier alpha value is -2.84. The number of methoxy groups -OCH3 is 2. The van der Waals surface area contributed by atoms with Crippen LogP contribution in [-0.4, -0.2) is 38.7 Å². The first-order chi connectivity index (χ1) is 14.0. The Morgan fingerprint density at radius 3 is 2.83 bits per heavy atom. The number of rotatable bonds is 5. The summed E-state index contributed by atoms with van der Waals surface area (Å²) in [6.45, 7) is 2.38. The Balaban J connectivity index is 1.55. The van der Waals surface area contributed by atoms with Crippen molar-refractivity contribution in [2.75, 3.05) is 33.5 Å². The number of amides is 1. The van der Waals surface area contributed by atoms with Gasteiger partial charge in [0.15, 0.2) is 11.5 Å². The fourth-order valence-corrected chi connectivity index (χ4v) is 4.67. The SMILES string of the molecule is COc1ccc(CNC(=O)c2sc3nc4c(cc3c2N)C[NH+](C)CC4)cc1OC. The molecule has 0 saturated heterocycles. The number of nitrogens with two attached hydrogens (primary N) is 1. The highest BCUT2D eigenvalue weighted by Gasteiger charge is 2.23. The number of carbonyl (C=O) groups is 1. The number of benzene rings is 1. The summed E-state index contributed by atoms with van der Waals surface area (Å²) in [5, 5.41) is 3.82. The van der Waals surface area contributed by atoms with Crippen LogP contribution in [0, 0.1) is 0 Å². The van der Waals surface area contributed by atoms with E-state index in [0.717, 1.165) is 41.0 Å². The topological polar surface area (TPSA) is 90.9 Å². The quantitative estimate of drug-likeness (QED) is 0.588. The van der Waals surface area contributed by atoms with Crippen molar-refractivity contribution in [3.8, 4) is 11.5 Å². The molecule has 3 heterocycles. The third-order valence-corrected chi connectivity index (χ3v) is 6.39. The predicted octanol–water partition coefficient (Wildman–Crippen LogP) is 1.40. The summed E-state index contributed by atoms with van der Waals surface area (Å²) in [5.41, 5.74) is 10.1. The number of nitrogen functional groups attached to an aromatic ring is 1. The van der Waals surface area contributed by atoms with Gasteiger partial charge in [0.25, 0.3) is 5.91 Å². The van der Waals surface area contributed by atoms with Crippen LogP contribution in [0.4, 0.5) is 5.69 Å². The molecule has 4 N–H and O–H groups in total. The summed E-state index contributed by atoms with van der Waals surface area (Å²) in [4.78, 5) is 20.4. The van der Waals surface area contributed by atoms with Crippen molar-refractivity contribution in [1.29, 1.82) is 0 Å². The third kappa shape index (κ3) is 3.73. The average Bonchev–Trinajstić information content (AvgIpc) is 3.05. The van der Waals surface area contributed by atoms with Crippen LogP contribution in [0.5, 0.6) is 11.5 Å². The third-order valence-electron chi connectivity index (χ3n) is 5.28. The van der Waals surface area contributed by atoms with E-state index in [4.69, 9.17) is 20.2 Å². The molecular formula is C21H25N4O3S+. The minimum atomic E-state index is -0.194. The first-order valence-corrected chi connectivity index (χ1v) is 10.3. The maximum atomic E-state index is 12.8. The van der Waals surface area contributed by atoms with E-state index in [1.807, 2.05) is 18.2 Å². The first-order valence-electron chi connectivity index (χ1n) is 9.51. The van der Waals surface area contributed by atoms with Crippen LogP contribution in [0.25, 0.3) is 10.2 Å². The van der Waals surface area contributed by atoms with Gasteiger partial charge in [0, 0.05) is 23.9 Å². The molecule has 0 spiro atoms. The smallest absolute Gasteiger partial charge is 0.263 e. The average molecular weight is 414 g/mol. The molecule has 3 aromatic rings. The monoisotopic (exact) mass is 413 g/mol. The zero-order valence-electron chi connectivity index (χ0n) is 16.8. The Morgan fingerprint density at radius 1 is 1.28 bits per heavy atom. The second-order valence-corrected chi connectivity index (χ2v) is 8.30.